The van der Waals surface area contributed by atoms with Crippen molar-refractivity contribution in [3.63, 3.8) is 0 Å². The molecule has 0 aliphatic rings. The summed E-state index contributed by atoms with van der Waals surface area (Å²) in [4.78, 5) is 0. The van der Waals surface area contributed by atoms with Crippen molar-refractivity contribution < 1.29 is 4.74 Å². The van der Waals surface area contributed by atoms with Crippen LogP contribution < -0.4 is 4.74 Å². The van der Waals surface area contributed by atoms with Gasteiger partial charge in [-0.1, -0.05) is 36.4 Å². The standard InChI is InChI=1S/C15H15O/c1-12-7-6-8-13(2)15(12)11-16-14-9-4-3-5-10-14/h3-9H,11H2,1-2H3. The Labute approximate surface area is 96.7 Å². The van der Waals surface area contributed by atoms with Gasteiger partial charge in [0.25, 0.3) is 0 Å². The third kappa shape index (κ3) is 2.43. The Bertz CT molecular complexity index is 440. The van der Waals surface area contributed by atoms with Crippen molar-refractivity contribution in [3.05, 3.63) is 65.2 Å². The monoisotopic (exact) mass is 211 g/mol. The smallest absolute Gasteiger partial charge is 0.127 e. The highest BCUT2D eigenvalue weighted by Crippen LogP contribution is 2.16. The van der Waals surface area contributed by atoms with Gasteiger partial charge in [-0.3, -0.25) is 0 Å². The Hall–Kier alpha value is -1.76. The van der Waals surface area contributed by atoms with Crippen LogP contribution in [0.4, 0.5) is 0 Å². The molecule has 2 aromatic carbocycles. The van der Waals surface area contributed by atoms with Gasteiger partial charge < -0.3 is 4.74 Å². The fraction of sp³-hybridized carbons (Fsp3) is 0.200. The molecular weight excluding hydrogens is 196 g/mol. The summed E-state index contributed by atoms with van der Waals surface area (Å²) < 4.78 is 5.70. The van der Waals surface area contributed by atoms with Gasteiger partial charge in [0.1, 0.15) is 12.4 Å². The normalized spacial score (nSPS) is 10.1. The zero-order valence-corrected chi connectivity index (χ0v) is 9.66. The summed E-state index contributed by atoms with van der Waals surface area (Å²) in [5.41, 5.74) is 3.81. The molecule has 0 spiro atoms. The number of hydrogen-bond acceptors (Lipinski definition) is 1. The van der Waals surface area contributed by atoms with Gasteiger partial charge in [-0.15, -0.1) is 0 Å². The summed E-state index contributed by atoms with van der Waals surface area (Å²) >= 11 is 0. The third-order valence-corrected chi connectivity index (χ3v) is 2.70. The summed E-state index contributed by atoms with van der Waals surface area (Å²) in [5, 5.41) is 0. The average molecular weight is 211 g/mol. The van der Waals surface area contributed by atoms with Crippen molar-refractivity contribution in [2.45, 2.75) is 20.5 Å². The molecule has 1 nitrogen and oxygen atoms in total. The van der Waals surface area contributed by atoms with Gasteiger partial charge in [-0.2, -0.15) is 0 Å². The molecule has 0 saturated heterocycles. The topological polar surface area (TPSA) is 9.23 Å². The summed E-state index contributed by atoms with van der Waals surface area (Å²) in [7, 11) is 0. The first-order chi connectivity index (χ1) is 7.77. The minimum Gasteiger partial charge on any atom is -0.488 e. The molecule has 0 bridgehead atoms. The molecule has 81 valence electrons. The molecule has 0 aliphatic carbocycles. The van der Waals surface area contributed by atoms with Crippen LogP contribution in [0.15, 0.2) is 42.5 Å². The largest absolute Gasteiger partial charge is 0.488 e. The maximum absolute atomic E-state index is 5.70. The van der Waals surface area contributed by atoms with E-state index < -0.39 is 0 Å². The van der Waals surface area contributed by atoms with E-state index >= 15 is 0 Å². The third-order valence-electron chi connectivity index (χ3n) is 2.70. The minimum absolute atomic E-state index is 0.610. The van der Waals surface area contributed by atoms with E-state index in [4.69, 9.17) is 4.74 Å². The molecule has 1 radical (unpaired) electrons. The van der Waals surface area contributed by atoms with Gasteiger partial charge in [-0.05, 0) is 36.6 Å². The highest BCUT2D eigenvalue weighted by molar-refractivity contribution is 5.33. The zero-order valence-electron chi connectivity index (χ0n) is 9.66. The summed E-state index contributed by atoms with van der Waals surface area (Å²) in [6.07, 6.45) is 0. The number of benzene rings is 2. The van der Waals surface area contributed by atoms with Crippen molar-refractivity contribution >= 4 is 0 Å². The number of rotatable bonds is 3. The molecule has 1 heteroatoms. The van der Waals surface area contributed by atoms with Gasteiger partial charge in [0.05, 0.1) is 0 Å². The van der Waals surface area contributed by atoms with Crippen molar-refractivity contribution in [2.24, 2.45) is 0 Å². The van der Waals surface area contributed by atoms with Gasteiger partial charge >= 0.3 is 0 Å². The lowest BCUT2D eigenvalue weighted by molar-refractivity contribution is 0.304. The van der Waals surface area contributed by atoms with Gasteiger partial charge in [0.2, 0.25) is 0 Å². The highest BCUT2D eigenvalue weighted by atomic mass is 16.5. The SMILES string of the molecule is Cc1cccc(C)c1COc1[c]cccc1. The quantitative estimate of drug-likeness (QED) is 0.752. The van der Waals surface area contributed by atoms with Crippen LogP contribution in [0.25, 0.3) is 0 Å². The van der Waals surface area contributed by atoms with E-state index in [0.717, 1.165) is 5.75 Å². The molecule has 0 fully saturated rings. The van der Waals surface area contributed by atoms with Crippen LogP contribution in [0, 0.1) is 19.9 Å². The average Bonchev–Trinajstić information content (AvgIpc) is 2.30. The molecule has 0 amide bonds. The summed E-state index contributed by atoms with van der Waals surface area (Å²) in [5.74, 6) is 0.796. The molecule has 0 atom stereocenters. The van der Waals surface area contributed by atoms with E-state index in [1.807, 2.05) is 24.3 Å². The number of aryl methyl sites for hydroxylation is 2. The predicted molar refractivity (Wildman–Crippen MR) is 65.5 cm³/mol. The molecule has 0 saturated carbocycles. The molecule has 0 N–H and O–H groups in total. The maximum atomic E-state index is 5.70. The Morgan fingerprint density at radius 3 is 2.38 bits per heavy atom. The maximum Gasteiger partial charge on any atom is 0.127 e. The van der Waals surface area contributed by atoms with E-state index in [0.29, 0.717) is 6.61 Å². The Morgan fingerprint density at radius 2 is 1.75 bits per heavy atom. The first-order valence-electron chi connectivity index (χ1n) is 5.42. The van der Waals surface area contributed by atoms with Gasteiger partial charge in [-0.25, -0.2) is 0 Å². The van der Waals surface area contributed by atoms with E-state index in [9.17, 15) is 0 Å². The Kier molecular flexibility index (Phi) is 3.25. The fourth-order valence-corrected chi connectivity index (χ4v) is 1.69. The van der Waals surface area contributed by atoms with Gasteiger partial charge in [0.15, 0.2) is 0 Å². The van der Waals surface area contributed by atoms with Crippen LogP contribution in [-0.4, -0.2) is 0 Å². The lowest BCUT2D eigenvalue weighted by atomic mass is 10.0. The second-order valence-electron chi connectivity index (χ2n) is 3.89. The van der Waals surface area contributed by atoms with Crippen molar-refractivity contribution in [2.75, 3.05) is 0 Å². The lowest BCUT2D eigenvalue weighted by Gasteiger charge is -2.10. The first kappa shape index (κ1) is 10.7. The highest BCUT2D eigenvalue weighted by Gasteiger charge is 2.02. The van der Waals surface area contributed by atoms with Crippen LogP contribution in [-0.2, 0) is 6.61 Å². The number of para-hydroxylation sites is 1. The fourth-order valence-electron chi connectivity index (χ4n) is 1.69. The zero-order chi connectivity index (χ0) is 11.4. The molecule has 16 heavy (non-hydrogen) atoms. The van der Waals surface area contributed by atoms with Gasteiger partial charge in [0, 0.05) is 6.07 Å². The van der Waals surface area contributed by atoms with Crippen LogP contribution in [0.5, 0.6) is 5.75 Å². The van der Waals surface area contributed by atoms with Crippen molar-refractivity contribution in [3.8, 4) is 5.75 Å². The molecule has 2 rings (SSSR count). The number of hydrogen-bond donors (Lipinski definition) is 0. The molecule has 2 aromatic rings. The summed E-state index contributed by atoms with van der Waals surface area (Å²) in [6.45, 7) is 4.83. The van der Waals surface area contributed by atoms with Crippen LogP contribution in [0.3, 0.4) is 0 Å². The van der Waals surface area contributed by atoms with Crippen molar-refractivity contribution in [1.29, 1.82) is 0 Å². The van der Waals surface area contributed by atoms with E-state index in [2.05, 4.69) is 38.1 Å². The molecule has 0 aromatic heterocycles. The van der Waals surface area contributed by atoms with E-state index in [-0.39, 0.29) is 0 Å². The Morgan fingerprint density at radius 1 is 1.00 bits per heavy atom. The number of ether oxygens (including phenoxy) is 1. The molecule has 0 unspecified atom stereocenters. The molecular formula is C15H15O. The van der Waals surface area contributed by atoms with E-state index in [1.54, 1.807) is 0 Å². The van der Waals surface area contributed by atoms with E-state index in [1.165, 1.54) is 16.7 Å². The minimum atomic E-state index is 0.610. The van der Waals surface area contributed by atoms with Crippen LogP contribution in [0.2, 0.25) is 0 Å². The molecule has 0 heterocycles. The second kappa shape index (κ2) is 4.84. The van der Waals surface area contributed by atoms with Crippen molar-refractivity contribution in [1.82, 2.24) is 0 Å². The first-order valence-corrected chi connectivity index (χ1v) is 5.42. The Balaban J connectivity index is 2.11. The second-order valence-corrected chi connectivity index (χ2v) is 3.89. The van der Waals surface area contributed by atoms with Crippen LogP contribution >= 0.6 is 0 Å². The summed E-state index contributed by atoms with van der Waals surface area (Å²) in [6, 6.07) is 17.0. The van der Waals surface area contributed by atoms with Crippen LogP contribution in [0.1, 0.15) is 16.7 Å². The molecule has 0 aliphatic heterocycles. The predicted octanol–water partition coefficient (Wildman–Crippen LogP) is 3.68. The lowest BCUT2D eigenvalue weighted by Crippen LogP contribution is -2.00.